The summed E-state index contributed by atoms with van der Waals surface area (Å²) in [7, 11) is 0. The number of hydrogen-bond donors (Lipinski definition) is 1. The van der Waals surface area contributed by atoms with Crippen molar-refractivity contribution in [3.63, 3.8) is 0 Å². The monoisotopic (exact) mass is 243 g/mol. The smallest absolute Gasteiger partial charge is 0.0948 e. The highest BCUT2D eigenvalue weighted by atomic mass is 15.1. The molecule has 0 spiro atoms. The average molecular weight is 243 g/mol. The van der Waals surface area contributed by atoms with Crippen LogP contribution in [0.4, 0.5) is 0 Å². The summed E-state index contributed by atoms with van der Waals surface area (Å²) in [5, 5.41) is 3.54. The Hall–Kier alpha value is -1.61. The summed E-state index contributed by atoms with van der Waals surface area (Å²) in [5.41, 5.74) is 2.57. The zero-order valence-electron chi connectivity index (χ0n) is 11.1. The Labute approximate surface area is 109 Å². The fourth-order valence-corrected chi connectivity index (χ4v) is 2.05. The van der Waals surface area contributed by atoms with E-state index in [2.05, 4.69) is 53.0 Å². The van der Waals surface area contributed by atoms with Crippen LogP contribution in [-0.4, -0.2) is 9.55 Å². The molecule has 0 amide bonds. The van der Waals surface area contributed by atoms with E-state index in [-0.39, 0.29) is 0 Å². The third-order valence-corrected chi connectivity index (χ3v) is 3.15. The van der Waals surface area contributed by atoms with Gasteiger partial charge in [-0.1, -0.05) is 37.3 Å². The van der Waals surface area contributed by atoms with Gasteiger partial charge < -0.3 is 9.88 Å². The van der Waals surface area contributed by atoms with Gasteiger partial charge in [-0.15, -0.1) is 0 Å². The molecule has 3 nitrogen and oxygen atoms in total. The van der Waals surface area contributed by atoms with Gasteiger partial charge in [-0.25, -0.2) is 4.98 Å². The van der Waals surface area contributed by atoms with E-state index in [1.54, 1.807) is 0 Å². The molecule has 1 heterocycles. The third-order valence-electron chi connectivity index (χ3n) is 3.15. The number of aromatic nitrogens is 2. The number of benzene rings is 1. The predicted molar refractivity (Wildman–Crippen MR) is 74.2 cm³/mol. The van der Waals surface area contributed by atoms with Gasteiger partial charge in [0.2, 0.25) is 0 Å². The van der Waals surface area contributed by atoms with Crippen molar-refractivity contribution in [1.82, 2.24) is 14.9 Å². The molecule has 1 aromatic carbocycles. The lowest BCUT2D eigenvalue weighted by Gasteiger charge is -2.15. The molecule has 0 saturated carbocycles. The molecule has 0 bridgehead atoms. The van der Waals surface area contributed by atoms with Crippen molar-refractivity contribution in [2.24, 2.45) is 0 Å². The maximum Gasteiger partial charge on any atom is 0.0948 e. The highest BCUT2D eigenvalue weighted by molar-refractivity contribution is 5.18. The minimum atomic E-state index is 0.358. The van der Waals surface area contributed by atoms with Gasteiger partial charge in [-0.3, -0.25) is 0 Å². The van der Waals surface area contributed by atoms with E-state index in [0.29, 0.717) is 6.04 Å². The normalized spacial score (nSPS) is 12.6. The lowest BCUT2D eigenvalue weighted by molar-refractivity contribution is 0.541. The molecule has 1 atom stereocenters. The van der Waals surface area contributed by atoms with Crippen LogP contribution in [0, 0.1) is 0 Å². The topological polar surface area (TPSA) is 29.9 Å². The Kier molecular flexibility index (Phi) is 4.53. The first-order chi connectivity index (χ1) is 8.81. The summed E-state index contributed by atoms with van der Waals surface area (Å²) in [5.74, 6) is 0. The van der Waals surface area contributed by atoms with Gasteiger partial charge in [0, 0.05) is 25.3 Å². The lowest BCUT2D eigenvalue weighted by atomic mass is 10.1. The number of nitrogens with one attached hydrogen (secondary N) is 1. The standard InChI is InChI=1S/C15H21N3/c1-3-9-18-12-16-10-15(18)11-17-13(2)14-7-5-4-6-8-14/h4-8,10,12-13,17H,3,9,11H2,1-2H3/t13-/m0/s1. The van der Waals surface area contributed by atoms with Crippen molar-refractivity contribution >= 4 is 0 Å². The number of rotatable bonds is 6. The molecule has 0 saturated heterocycles. The lowest BCUT2D eigenvalue weighted by Crippen LogP contribution is -2.20. The predicted octanol–water partition coefficient (Wildman–Crippen LogP) is 3.14. The Bertz CT molecular complexity index is 462. The number of imidazole rings is 1. The highest BCUT2D eigenvalue weighted by Gasteiger charge is 2.06. The van der Waals surface area contributed by atoms with Gasteiger partial charge in [-0.2, -0.15) is 0 Å². The quantitative estimate of drug-likeness (QED) is 0.844. The van der Waals surface area contributed by atoms with Gasteiger partial charge in [0.05, 0.1) is 12.0 Å². The van der Waals surface area contributed by atoms with Gasteiger partial charge in [0.25, 0.3) is 0 Å². The number of nitrogens with zero attached hydrogens (tertiary/aromatic N) is 2. The molecular formula is C15H21N3. The summed E-state index contributed by atoms with van der Waals surface area (Å²) in [6.07, 6.45) is 4.99. The Morgan fingerprint density at radius 2 is 2.06 bits per heavy atom. The zero-order valence-corrected chi connectivity index (χ0v) is 11.1. The van der Waals surface area contributed by atoms with E-state index in [1.807, 2.05) is 18.6 Å². The Morgan fingerprint density at radius 3 is 2.78 bits per heavy atom. The molecule has 0 unspecified atom stereocenters. The van der Waals surface area contributed by atoms with Crippen LogP contribution in [-0.2, 0) is 13.1 Å². The summed E-state index contributed by atoms with van der Waals surface area (Å²) < 4.78 is 2.21. The van der Waals surface area contributed by atoms with E-state index in [9.17, 15) is 0 Å². The average Bonchev–Trinajstić information content (AvgIpc) is 2.85. The largest absolute Gasteiger partial charge is 0.333 e. The summed E-state index contributed by atoms with van der Waals surface area (Å²) >= 11 is 0. The van der Waals surface area contributed by atoms with E-state index >= 15 is 0 Å². The first-order valence-electron chi connectivity index (χ1n) is 6.58. The SMILES string of the molecule is CCCn1cncc1CN[C@@H](C)c1ccccc1. The van der Waals surface area contributed by atoms with Crippen LogP contribution < -0.4 is 5.32 Å². The second-order valence-electron chi connectivity index (χ2n) is 4.59. The molecule has 2 aromatic rings. The van der Waals surface area contributed by atoms with E-state index < -0.39 is 0 Å². The molecule has 3 heteroatoms. The molecule has 1 aromatic heterocycles. The Morgan fingerprint density at radius 1 is 1.28 bits per heavy atom. The molecule has 0 aliphatic rings. The van der Waals surface area contributed by atoms with Crippen LogP contribution in [0.1, 0.15) is 37.6 Å². The van der Waals surface area contributed by atoms with Crippen molar-refractivity contribution in [2.75, 3.05) is 0 Å². The van der Waals surface area contributed by atoms with Crippen LogP contribution in [0.5, 0.6) is 0 Å². The summed E-state index contributed by atoms with van der Waals surface area (Å²) in [6.45, 7) is 6.27. The maximum atomic E-state index is 4.21. The third kappa shape index (κ3) is 3.20. The van der Waals surface area contributed by atoms with E-state index in [1.165, 1.54) is 11.3 Å². The van der Waals surface area contributed by atoms with Crippen LogP contribution >= 0.6 is 0 Å². The molecular weight excluding hydrogens is 222 g/mol. The highest BCUT2D eigenvalue weighted by Crippen LogP contribution is 2.12. The van der Waals surface area contributed by atoms with Crippen molar-refractivity contribution in [3.8, 4) is 0 Å². The minimum absolute atomic E-state index is 0.358. The number of aryl methyl sites for hydroxylation is 1. The first-order valence-corrected chi connectivity index (χ1v) is 6.58. The first kappa shape index (κ1) is 12.8. The van der Waals surface area contributed by atoms with Crippen LogP contribution in [0.3, 0.4) is 0 Å². The summed E-state index contributed by atoms with van der Waals surface area (Å²) in [6, 6.07) is 10.9. The zero-order chi connectivity index (χ0) is 12.8. The minimum Gasteiger partial charge on any atom is -0.333 e. The second-order valence-corrected chi connectivity index (χ2v) is 4.59. The van der Waals surface area contributed by atoms with Crippen LogP contribution in [0.15, 0.2) is 42.9 Å². The van der Waals surface area contributed by atoms with Gasteiger partial charge >= 0.3 is 0 Å². The molecule has 0 aliphatic carbocycles. The fourth-order valence-electron chi connectivity index (χ4n) is 2.05. The van der Waals surface area contributed by atoms with E-state index in [0.717, 1.165) is 19.5 Å². The molecule has 0 radical (unpaired) electrons. The molecule has 96 valence electrons. The van der Waals surface area contributed by atoms with Crippen LogP contribution in [0.25, 0.3) is 0 Å². The van der Waals surface area contributed by atoms with Crippen molar-refractivity contribution < 1.29 is 0 Å². The molecule has 0 fully saturated rings. The van der Waals surface area contributed by atoms with Gasteiger partial charge in [0.1, 0.15) is 0 Å². The molecule has 1 N–H and O–H groups in total. The molecule has 18 heavy (non-hydrogen) atoms. The van der Waals surface area contributed by atoms with Gasteiger partial charge in [0.15, 0.2) is 0 Å². The molecule has 0 aliphatic heterocycles. The Balaban J connectivity index is 1.93. The van der Waals surface area contributed by atoms with Crippen LogP contribution in [0.2, 0.25) is 0 Å². The van der Waals surface area contributed by atoms with E-state index in [4.69, 9.17) is 0 Å². The maximum absolute atomic E-state index is 4.21. The van der Waals surface area contributed by atoms with Crippen molar-refractivity contribution in [1.29, 1.82) is 0 Å². The second kappa shape index (κ2) is 6.36. The molecule has 2 rings (SSSR count). The van der Waals surface area contributed by atoms with Gasteiger partial charge in [-0.05, 0) is 18.9 Å². The summed E-state index contributed by atoms with van der Waals surface area (Å²) in [4.78, 5) is 4.21. The number of hydrogen-bond acceptors (Lipinski definition) is 2. The van der Waals surface area contributed by atoms with Crippen molar-refractivity contribution in [2.45, 2.75) is 39.4 Å². The fraction of sp³-hybridized carbons (Fsp3) is 0.400. The van der Waals surface area contributed by atoms with Crippen molar-refractivity contribution in [3.05, 3.63) is 54.1 Å².